The van der Waals surface area contributed by atoms with Crippen LogP contribution in [0, 0.1) is 6.92 Å². The molecule has 3 rings (SSSR count). The molecule has 1 N–H and O–H groups in total. The molecule has 11 heteroatoms. The summed E-state index contributed by atoms with van der Waals surface area (Å²) in [6.07, 6.45) is -0.960. The molecule has 0 bridgehead atoms. The van der Waals surface area contributed by atoms with Crippen LogP contribution in [0.3, 0.4) is 0 Å². The van der Waals surface area contributed by atoms with Gasteiger partial charge < -0.3 is 14.7 Å². The number of hydrogen-bond donors (Lipinski definition) is 1. The number of nitrogens with zero attached hydrogens (tertiary/aromatic N) is 2. The summed E-state index contributed by atoms with van der Waals surface area (Å²) in [6.45, 7) is 1.76. The molecular weight excluding hydrogens is 442 g/mol. The molecule has 2 aromatic carbocycles. The number of aryl methyl sites for hydroxylation is 1. The molecule has 3 aromatic rings. The van der Waals surface area contributed by atoms with Crippen LogP contribution in [0.15, 0.2) is 68.4 Å². The monoisotopic (exact) mass is 459 g/mol. The van der Waals surface area contributed by atoms with Gasteiger partial charge in [0.25, 0.3) is 10.0 Å². The molecule has 1 aromatic heterocycles. The molecule has 150 valence electrons. The Bertz CT molecular complexity index is 1160. The van der Waals surface area contributed by atoms with Crippen molar-refractivity contribution >= 4 is 21.9 Å². The van der Waals surface area contributed by atoms with E-state index >= 15 is 0 Å². The van der Waals surface area contributed by atoms with Crippen LogP contribution >= 0.6 is 0 Å². The van der Waals surface area contributed by atoms with Crippen molar-refractivity contribution in [1.29, 1.82) is 0 Å². The molecule has 0 aliphatic carbocycles. The molecule has 0 saturated heterocycles. The average molecular weight is 459 g/mol. The second-order valence-corrected chi connectivity index (χ2v) is 7.81. The van der Waals surface area contributed by atoms with E-state index in [0.29, 0.717) is 17.0 Å². The fourth-order valence-electron chi connectivity index (χ4n) is 2.75. The molecule has 8 nitrogen and oxygen atoms in total. The van der Waals surface area contributed by atoms with E-state index in [1.807, 2.05) is 30.3 Å². The maximum Gasteiger partial charge on any atom is 1.00 e. The second kappa shape index (κ2) is 12.0. The smallest absolute Gasteiger partial charge is 0.861 e. The van der Waals surface area contributed by atoms with Crippen molar-refractivity contribution in [2.24, 2.45) is 4.40 Å². The van der Waals surface area contributed by atoms with E-state index in [1.165, 1.54) is 12.1 Å². The molecule has 0 amide bonds. The predicted molar refractivity (Wildman–Crippen MR) is 104 cm³/mol. The standard InChI is InChI=1S/C20H18N2O6S.2Na/c1-13-19(20(21-28-13)15-5-3-2-4-6-15)14-7-9-16(10-8-14)29(26,27)22-17(23)11-12-18(24)25;;/h2-10H,11-12H2,1H3,(H,22,23)(H,24,25);;/q;2*+1/p-1. The zero-order chi connectivity index (χ0) is 21.0. The molecule has 0 unspecified atom stereocenters. The number of rotatable bonds is 7. The minimum atomic E-state index is -4.22. The van der Waals surface area contributed by atoms with Crippen LogP contribution < -0.4 is 64.2 Å². The van der Waals surface area contributed by atoms with Crippen molar-refractivity contribution in [3.63, 3.8) is 0 Å². The SMILES string of the molecule is Cc1onc(-c2ccccc2)c1-c1ccc(S(=O)(=O)N=C([O-])CCC(=O)O)cc1.[Na+].[Na+]. The molecule has 0 saturated carbocycles. The van der Waals surface area contributed by atoms with Crippen molar-refractivity contribution in [1.82, 2.24) is 5.16 Å². The Balaban J connectivity index is 0.00000240. The first-order valence-electron chi connectivity index (χ1n) is 8.62. The number of aliphatic carboxylic acids is 1. The topological polar surface area (TPSA) is 133 Å². The molecule has 1 heterocycles. The summed E-state index contributed by atoms with van der Waals surface area (Å²) in [5, 5.41) is 24.3. The van der Waals surface area contributed by atoms with Crippen LogP contribution in [0.4, 0.5) is 0 Å². The molecule has 0 atom stereocenters. The summed E-state index contributed by atoms with van der Waals surface area (Å²) in [5.41, 5.74) is 2.91. The predicted octanol–water partition coefficient (Wildman–Crippen LogP) is -3.36. The molecule has 31 heavy (non-hydrogen) atoms. The van der Waals surface area contributed by atoms with Gasteiger partial charge in [-0.05, 0) is 36.9 Å². The van der Waals surface area contributed by atoms with E-state index in [1.54, 1.807) is 19.1 Å². The fraction of sp³-hybridized carbons (Fsp3) is 0.150. The Morgan fingerprint density at radius 2 is 1.65 bits per heavy atom. The van der Waals surface area contributed by atoms with Crippen LogP contribution in [-0.4, -0.2) is 30.5 Å². The van der Waals surface area contributed by atoms with Gasteiger partial charge in [0.05, 0.1) is 10.5 Å². The second-order valence-electron chi connectivity index (χ2n) is 6.21. The quantitative estimate of drug-likeness (QED) is 0.222. The van der Waals surface area contributed by atoms with Crippen molar-refractivity contribution in [3.8, 4) is 22.4 Å². The number of carboxylic acids is 1. The number of carboxylic acid groups (broad SMARTS) is 1. The Morgan fingerprint density at radius 1 is 1.03 bits per heavy atom. The van der Waals surface area contributed by atoms with Crippen LogP contribution in [0.5, 0.6) is 0 Å². The van der Waals surface area contributed by atoms with Crippen molar-refractivity contribution in [2.45, 2.75) is 24.7 Å². The zero-order valence-electron chi connectivity index (χ0n) is 17.4. The number of benzene rings is 2. The van der Waals surface area contributed by atoms with Gasteiger partial charge in [-0.15, -0.1) is 0 Å². The normalized spacial score (nSPS) is 11.3. The molecule has 0 spiro atoms. The summed E-state index contributed by atoms with van der Waals surface area (Å²) < 4.78 is 33.0. The molecule has 0 fully saturated rings. The molecular formula is C20H17N2Na2O6S+. The van der Waals surface area contributed by atoms with Gasteiger partial charge in [-0.1, -0.05) is 47.6 Å². The van der Waals surface area contributed by atoms with E-state index in [0.717, 1.165) is 11.1 Å². The summed E-state index contributed by atoms with van der Waals surface area (Å²) in [4.78, 5) is 10.3. The van der Waals surface area contributed by atoms with Crippen molar-refractivity contribution in [3.05, 3.63) is 60.4 Å². The summed E-state index contributed by atoms with van der Waals surface area (Å²) >= 11 is 0. The number of sulfonamides is 1. The Hall–Kier alpha value is -1.46. The minimum Gasteiger partial charge on any atom is -0.861 e. The third-order valence-corrected chi connectivity index (χ3v) is 5.44. The first-order valence-corrected chi connectivity index (χ1v) is 10.1. The molecule has 0 aliphatic heterocycles. The number of carbonyl (C=O) groups is 1. The van der Waals surface area contributed by atoms with Crippen LogP contribution in [0.25, 0.3) is 22.4 Å². The van der Waals surface area contributed by atoms with E-state index in [9.17, 15) is 18.3 Å². The van der Waals surface area contributed by atoms with Gasteiger partial charge in [-0.25, -0.2) is 0 Å². The van der Waals surface area contributed by atoms with Crippen molar-refractivity contribution in [2.75, 3.05) is 0 Å². The Kier molecular flexibility index (Phi) is 10.6. The summed E-state index contributed by atoms with van der Waals surface area (Å²) in [7, 11) is -4.22. The van der Waals surface area contributed by atoms with Crippen LogP contribution in [0.2, 0.25) is 0 Å². The van der Waals surface area contributed by atoms with E-state index in [2.05, 4.69) is 9.55 Å². The molecule has 0 aliphatic rings. The van der Waals surface area contributed by atoms with Gasteiger partial charge in [-0.3, -0.25) is 4.79 Å². The maximum atomic E-state index is 12.3. The van der Waals surface area contributed by atoms with Gasteiger partial charge >= 0.3 is 65.1 Å². The van der Waals surface area contributed by atoms with Gasteiger partial charge in [-0.2, -0.15) is 12.8 Å². The number of aromatic nitrogens is 1. The average Bonchev–Trinajstić information content (AvgIpc) is 3.08. The minimum absolute atomic E-state index is 0. The molecule has 0 radical (unpaired) electrons. The largest absolute Gasteiger partial charge is 1.00 e. The summed E-state index contributed by atoms with van der Waals surface area (Å²) in [6, 6.07) is 15.2. The third-order valence-electron chi connectivity index (χ3n) is 4.13. The van der Waals surface area contributed by atoms with E-state index in [-0.39, 0.29) is 64.0 Å². The third kappa shape index (κ3) is 7.01. The van der Waals surface area contributed by atoms with Gasteiger partial charge in [0, 0.05) is 12.0 Å². The zero-order valence-corrected chi connectivity index (χ0v) is 22.2. The Labute approximate surface area is 224 Å². The van der Waals surface area contributed by atoms with Gasteiger partial charge in [0.2, 0.25) is 0 Å². The Morgan fingerprint density at radius 3 is 2.23 bits per heavy atom. The van der Waals surface area contributed by atoms with E-state index < -0.39 is 34.7 Å². The first kappa shape index (κ1) is 27.6. The summed E-state index contributed by atoms with van der Waals surface area (Å²) in [5.74, 6) is -1.63. The van der Waals surface area contributed by atoms with Gasteiger partial charge in [0.15, 0.2) is 0 Å². The van der Waals surface area contributed by atoms with Crippen LogP contribution in [0.1, 0.15) is 18.6 Å². The van der Waals surface area contributed by atoms with E-state index in [4.69, 9.17) is 9.63 Å². The fourth-order valence-corrected chi connectivity index (χ4v) is 3.69. The first-order chi connectivity index (χ1) is 13.8. The maximum absolute atomic E-state index is 12.3. The van der Waals surface area contributed by atoms with Gasteiger partial charge in [0.1, 0.15) is 11.5 Å². The van der Waals surface area contributed by atoms with Crippen LogP contribution in [-0.2, 0) is 14.8 Å². The van der Waals surface area contributed by atoms with Crippen molar-refractivity contribution < 1.29 is 87.1 Å². The number of hydrogen-bond acceptors (Lipinski definition) is 6.